The molecule has 5 aromatic carbocycles. The molecule has 1 aliphatic heterocycles. The highest BCUT2D eigenvalue weighted by Crippen LogP contribution is 2.59. The van der Waals surface area contributed by atoms with E-state index in [0.717, 1.165) is 44.6 Å². The van der Waals surface area contributed by atoms with E-state index in [9.17, 15) is 0 Å². The molecule has 2 heteroatoms. The average Bonchev–Trinajstić information content (AvgIpc) is 3.40. The smallest absolute Gasteiger partial charge is 0.119 e. The van der Waals surface area contributed by atoms with Gasteiger partial charge in [0.25, 0.3) is 0 Å². The Morgan fingerprint density at radius 2 is 1.39 bits per heavy atom. The van der Waals surface area contributed by atoms with Gasteiger partial charge in [0, 0.05) is 5.41 Å². The second-order valence-electron chi connectivity index (χ2n) is 14.8. The van der Waals surface area contributed by atoms with Crippen molar-refractivity contribution >= 4 is 5.57 Å². The highest BCUT2D eigenvalue weighted by atomic mass is 16.5. The van der Waals surface area contributed by atoms with Crippen LogP contribution in [-0.2, 0) is 16.6 Å². The minimum absolute atomic E-state index is 0.0642. The fourth-order valence-corrected chi connectivity index (χ4v) is 8.39. The van der Waals surface area contributed by atoms with Crippen LogP contribution in [0.4, 0.5) is 0 Å². The predicted molar refractivity (Wildman–Crippen MR) is 203 cm³/mol. The third kappa shape index (κ3) is 5.47. The van der Waals surface area contributed by atoms with Crippen molar-refractivity contribution < 1.29 is 9.47 Å². The second kappa shape index (κ2) is 12.7. The lowest BCUT2D eigenvalue weighted by molar-refractivity contribution is -0.120. The van der Waals surface area contributed by atoms with Gasteiger partial charge in [0.15, 0.2) is 0 Å². The summed E-state index contributed by atoms with van der Waals surface area (Å²) in [7, 11) is 0. The van der Waals surface area contributed by atoms with Gasteiger partial charge in [-0.05, 0) is 113 Å². The average molecular weight is 643 g/mol. The molecule has 1 unspecified atom stereocenters. The molecule has 246 valence electrons. The van der Waals surface area contributed by atoms with E-state index in [4.69, 9.17) is 9.47 Å². The first-order valence-corrected chi connectivity index (χ1v) is 18.0. The summed E-state index contributed by atoms with van der Waals surface area (Å²) in [6, 6.07) is 43.2. The van der Waals surface area contributed by atoms with Gasteiger partial charge in [-0.15, -0.1) is 0 Å². The number of aryl methyl sites for hydroxylation is 2. The number of hydrogen-bond donors (Lipinski definition) is 0. The van der Waals surface area contributed by atoms with Crippen molar-refractivity contribution in [2.45, 2.75) is 58.8 Å². The molecule has 8 rings (SSSR count). The van der Waals surface area contributed by atoms with Crippen molar-refractivity contribution in [2.75, 3.05) is 19.8 Å². The molecule has 0 N–H and O–H groups in total. The van der Waals surface area contributed by atoms with E-state index in [0.29, 0.717) is 6.61 Å². The largest absolute Gasteiger partial charge is 0.493 e. The maximum absolute atomic E-state index is 6.62. The minimum Gasteiger partial charge on any atom is -0.493 e. The summed E-state index contributed by atoms with van der Waals surface area (Å²) in [4.78, 5) is 0. The van der Waals surface area contributed by atoms with Gasteiger partial charge in [-0.1, -0.05) is 135 Å². The van der Waals surface area contributed by atoms with E-state index >= 15 is 0 Å². The van der Waals surface area contributed by atoms with Gasteiger partial charge in [0.2, 0.25) is 0 Å². The minimum atomic E-state index is -0.478. The summed E-state index contributed by atoms with van der Waals surface area (Å²) in [5.41, 5.74) is 17.0. The van der Waals surface area contributed by atoms with E-state index < -0.39 is 5.41 Å². The molecule has 1 fully saturated rings. The Kier molecular flexibility index (Phi) is 8.16. The molecular weight excluding hydrogens is 597 g/mol. The van der Waals surface area contributed by atoms with E-state index in [1.165, 1.54) is 72.4 Å². The maximum atomic E-state index is 6.62. The summed E-state index contributed by atoms with van der Waals surface area (Å²) >= 11 is 0. The summed E-state index contributed by atoms with van der Waals surface area (Å²) in [6.45, 7) is 11.2. The SMILES string of the molecule is CCCc1ccc(C2(C3=CC(c4ccccc4)=C(C)CC3)c3cc(C)ccc3-c3ccc(OCC4(C)COC4)cc32)cc1-c1ccccc1. The number of allylic oxidation sites excluding steroid dienone is 4. The zero-order chi connectivity index (χ0) is 33.6. The van der Waals surface area contributed by atoms with Crippen LogP contribution < -0.4 is 4.74 Å². The molecule has 2 nitrogen and oxygen atoms in total. The molecule has 3 aliphatic rings. The molecule has 0 spiro atoms. The van der Waals surface area contributed by atoms with E-state index in [-0.39, 0.29) is 5.41 Å². The first kappa shape index (κ1) is 31.6. The Balaban J connectivity index is 1.42. The maximum Gasteiger partial charge on any atom is 0.119 e. The number of ether oxygens (including phenoxy) is 2. The highest BCUT2D eigenvalue weighted by Gasteiger charge is 2.48. The normalized spacial score (nSPS) is 19.1. The Morgan fingerprint density at radius 3 is 2.08 bits per heavy atom. The standard InChI is InChI=1S/C47H46O2/c1-5-12-34-19-21-38(27-43(34)36-15-10-7-11-16-36)47(37-20-18-33(3)42(26-37)35-13-8-6-9-14-35)44-25-32(2)17-23-40(44)41-24-22-39(28-45(41)47)49-31-46(4)29-48-30-46/h6-11,13-17,19,21-28H,5,12,18,20,29-31H2,1-4H3. The van der Waals surface area contributed by atoms with Crippen LogP contribution >= 0.6 is 0 Å². The fourth-order valence-electron chi connectivity index (χ4n) is 8.39. The topological polar surface area (TPSA) is 18.5 Å². The van der Waals surface area contributed by atoms with Crippen molar-refractivity contribution in [1.29, 1.82) is 0 Å². The summed E-state index contributed by atoms with van der Waals surface area (Å²) < 4.78 is 12.2. The van der Waals surface area contributed by atoms with Crippen LogP contribution in [0.15, 0.2) is 132 Å². The number of rotatable bonds is 9. The Labute approximate surface area is 292 Å². The number of benzene rings is 5. The molecule has 0 bridgehead atoms. The summed E-state index contributed by atoms with van der Waals surface area (Å²) in [5, 5.41) is 0. The molecule has 2 aliphatic carbocycles. The molecule has 0 aromatic heterocycles. The molecule has 1 heterocycles. The van der Waals surface area contributed by atoms with Crippen molar-refractivity contribution in [3.63, 3.8) is 0 Å². The van der Waals surface area contributed by atoms with Gasteiger partial charge < -0.3 is 9.47 Å². The second-order valence-corrected chi connectivity index (χ2v) is 14.8. The van der Waals surface area contributed by atoms with Crippen molar-refractivity contribution in [1.82, 2.24) is 0 Å². The lowest BCUT2D eigenvalue weighted by atomic mass is 9.63. The highest BCUT2D eigenvalue weighted by molar-refractivity contribution is 5.89. The summed E-state index contributed by atoms with van der Waals surface area (Å²) in [5.74, 6) is 0.929. The van der Waals surface area contributed by atoms with Gasteiger partial charge in [0.1, 0.15) is 5.75 Å². The zero-order valence-corrected chi connectivity index (χ0v) is 29.3. The Bertz CT molecular complexity index is 2080. The molecule has 1 atom stereocenters. The lowest BCUT2D eigenvalue weighted by Crippen LogP contribution is -2.44. The van der Waals surface area contributed by atoms with Crippen LogP contribution in [0.25, 0.3) is 27.8 Å². The van der Waals surface area contributed by atoms with E-state index in [1.54, 1.807) is 0 Å². The molecule has 5 aromatic rings. The van der Waals surface area contributed by atoms with Crippen LogP contribution in [-0.4, -0.2) is 19.8 Å². The first-order chi connectivity index (χ1) is 23.9. The Morgan fingerprint density at radius 1 is 0.694 bits per heavy atom. The quantitative estimate of drug-likeness (QED) is 0.159. The Hall–Kier alpha value is -4.66. The van der Waals surface area contributed by atoms with Crippen molar-refractivity contribution in [3.8, 4) is 28.0 Å². The molecule has 0 saturated carbocycles. The van der Waals surface area contributed by atoms with Crippen LogP contribution in [0.1, 0.15) is 73.4 Å². The van der Waals surface area contributed by atoms with Crippen LogP contribution in [0.5, 0.6) is 5.75 Å². The molecule has 0 amide bonds. The third-order valence-corrected chi connectivity index (χ3v) is 11.0. The van der Waals surface area contributed by atoms with Crippen molar-refractivity contribution in [3.05, 3.63) is 166 Å². The molecule has 1 saturated heterocycles. The molecule has 49 heavy (non-hydrogen) atoms. The van der Waals surface area contributed by atoms with E-state index in [1.807, 2.05) is 0 Å². The number of hydrogen-bond acceptors (Lipinski definition) is 2. The lowest BCUT2D eigenvalue weighted by Gasteiger charge is -2.39. The van der Waals surface area contributed by atoms with Gasteiger partial charge in [0.05, 0.1) is 25.2 Å². The monoisotopic (exact) mass is 642 g/mol. The molecule has 0 radical (unpaired) electrons. The van der Waals surface area contributed by atoms with Crippen LogP contribution in [0.3, 0.4) is 0 Å². The van der Waals surface area contributed by atoms with Gasteiger partial charge in [-0.25, -0.2) is 0 Å². The van der Waals surface area contributed by atoms with Crippen molar-refractivity contribution in [2.24, 2.45) is 5.41 Å². The van der Waals surface area contributed by atoms with Gasteiger partial charge in [-0.2, -0.15) is 0 Å². The third-order valence-electron chi connectivity index (χ3n) is 11.0. The fraction of sp³-hybridized carbons (Fsp3) is 0.277. The number of fused-ring (bicyclic) bond motifs is 3. The van der Waals surface area contributed by atoms with Crippen LogP contribution in [0, 0.1) is 12.3 Å². The summed E-state index contributed by atoms with van der Waals surface area (Å²) in [6.07, 6.45) is 6.72. The molecular formula is C47H46O2. The van der Waals surface area contributed by atoms with E-state index in [2.05, 4.69) is 149 Å². The van der Waals surface area contributed by atoms with Gasteiger partial charge in [-0.3, -0.25) is 0 Å². The zero-order valence-electron chi connectivity index (χ0n) is 29.3. The first-order valence-electron chi connectivity index (χ1n) is 18.0. The van der Waals surface area contributed by atoms with Gasteiger partial charge >= 0.3 is 0 Å². The predicted octanol–water partition coefficient (Wildman–Crippen LogP) is 11.5. The van der Waals surface area contributed by atoms with Crippen LogP contribution in [0.2, 0.25) is 0 Å².